The van der Waals surface area contributed by atoms with E-state index in [1.807, 2.05) is 35.2 Å². The Morgan fingerprint density at radius 2 is 1.44 bits per heavy atom. The van der Waals surface area contributed by atoms with Gasteiger partial charge in [-0.3, -0.25) is 9.69 Å². The molecule has 32 heavy (non-hydrogen) atoms. The Morgan fingerprint density at radius 1 is 0.844 bits per heavy atom. The summed E-state index contributed by atoms with van der Waals surface area (Å²) in [5.74, 6) is 0.150. The number of benzene rings is 1. The molecule has 0 saturated carbocycles. The molecule has 0 N–H and O–H groups in total. The molecule has 8 heteroatoms. The summed E-state index contributed by atoms with van der Waals surface area (Å²) in [5.41, 5.74) is 0.862. The number of amides is 1. The van der Waals surface area contributed by atoms with E-state index in [1.165, 1.54) is 35.6 Å². The summed E-state index contributed by atoms with van der Waals surface area (Å²) in [7, 11) is -3.46. The summed E-state index contributed by atoms with van der Waals surface area (Å²) in [6.07, 6.45) is 5.49. The van der Waals surface area contributed by atoms with Gasteiger partial charge < -0.3 is 9.80 Å². The quantitative estimate of drug-likeness (QED) is 0.622. The van der Waals surface area contributed by atoms with E-state index in [-0.39, 0.29) is 11.8 Å². The van der Waals surface area contributed by atoms with Crippen molar-refractivity contribution in [2.75, 3.05) is 65.4 Å². The number of likely N-dealkylation sites (tertiary alicyclic amines) is 1. The lowest BCUT2D eigenvalue weighted by Gasteiger charge is -2.38. The van der Waals surface area contributed by atoms with Crippen LogP contribution in [0.2, 0.25) is 0 Å². The second-order valence-electron chi connectivity index (χ2n) is 9.15. The molecule has 4 rings (SSSR count). The van der Waals surface area contributed by atoms with E-state index in [0.29, 0.717) is 25.9 Å². The van der Waals surface area contributed by atoms with Gasteiger partial charge in [0, 0.05) is 63.7 Å². The Morgan fingerprint density at radius 3 is 2.06 bits per heavy atom. The number of hydrogen-bond acceptors (Lipinski definition) is 5. The number of hydrogen-bond donors (Lipinski definition) is 0. The van der Waals surface area contributed by atoms with E-state index in [2.05, 4.69) is 9.80 Å². The van der Waals surface area contributed by atoms with E-state index in [1.54, 1.807) is 6.08 Å². The van der Waals surface area contributed by atoms with E-state index < -0.39 is 10.0 Å². The number of nitrogens with zero attached hydrogens (tertiary/aromatic N) is 4. The Hall–Kier alpha value is -1.74. The summed E-state index contributed by atoms with van der Waals surface area (Å²) in [6.45, 7) is 8.97. The Balaban J connectivity index is 1.20. The van der Waals surface area contributed by atoms with Crippen molar-refractivity contribution < 1.29 is 13.2 Å². The Labute approximate surface area is 192 Å². The number of carbonyl (C=O) groups excluding carboxylic acids is 1. The van der Waals surface area contributed by atoms with Crippen LogP contribution < -0.4 is 0 Å². The molecule has 3 heterocycles. The van der Waals surface area contributed by atoms with Gasteiger partial charge in [-0.25, -0.2) is 8.42 Å². The van der Waals surface area contributed by atoms with E-state index >= 15 is 0 Å². The highest BCUT2D eigenvalue weighted by Crippen LogP contribution is 2.23. The standard InChI is InChI=1S/C24H36N4O3S/c29-24(27-19-17-26(18-20-27)16-15-25-11-4-5-12-25)23-8-13-28(14-9-23)32(30,31)21-10-22-6-2-1-3-7-22/h1-3,6-7,10,21,23H,4-5,8-9,11-20H2/b21-10+. The van der Waals surface area contributed by atoms with Crippen LogP contribution in [0.1, 0.15) is 31.2 Å². The van der Waals surface area contributed by atoms with Crippen molar-refractivity contribution in [3.8, 4) is 0 Å². The first-order valence-corrected chi connectivity index (χ1v) is 13.5. The molecule has 3 aliphatic heterocycles. The molecule has 1 amide bonds. The summed E-state index contributed by atoms with van der Waals surface area (Å²) in [6, 6.07) is 9.43. The van der Waals surface area contributed by atoms with Gasteiger partial charge >= 0.3 is 0 Å². The Kier molecular flexibility index (Phi) is 7.99. The van der Waals surface area contributed by atoms with E-state index in [4.69, 9.17) is 0 Å². The van der Waals surface area contributed by atoms with Crippen LogP contribution in [-0.4, -0.2) is 98.8 Å². The van der Waals surface area contributed by atoms with Gasteiger partial charge in [0.15, 0.2) is 0 Å². The summed E-state index contributed by atoms with van der Waals surface area (Å²) in [5, 5.41) is 1.28. The first-order valence-electron chi connectivity index (χ1n) is 12.0. The molecule has 0 aliphatic carbocycles. The maximum atomic E-state index is 13.0. The summed E-state index contributed by atoms with van der Waals surface area (Å²) >= 11 is 0. The molecule has 0 bridgehead atoms. The number of piperidine rings is 1. The minimum atomic E-state index is -3.46. The van der Waals surface area contributed by atoms with Crippen LogP contribution in [-0.2, 0) is 14.8 Å². The van der Waals surface area contributed by atoms with Crippen LogP contribution in [0.25, 0.3) is 6.08 Å². The predicted molar refractivity (Wildman–Crippen MR) is 127 cm³/mol. The van der Waals surface area contributed by atoms with Gasteiger partial charge in [0.2, 0.25) is 15.9 Å². The van der Waals surface area contributed by atoms with Crippen molar-refractivity contribution in [1.29, 1.82) is 0 Å². The van der Waals surface area contributed by atoms with Crippen molar-refractivity contribution in [3.63, 3.8) is 0 Å². The largest absolute Gasteiger partial charge is 0.340 e. The second kappa shape index (κ2) is 10.9. The van der Waals surface area contributed by atoms with E-state index in [0.717, 1.165) is 44.8 Å². The average molecular weight is 461 g/mol. The van der Waals surface area contributed by atoms with Crippen LogP contribution in [0.4, 0.5) is 0 Å². The number of carbonyl (C=O) groups is 1. The third-order valence-electron chi connectivity index (χ3n) is 7.01. The molecule has 0 aromatic heterocycles. The van der Waals surface area contributed by atoms with Gasteiger partial charge in [0.1, 0.15) is 0 Å². The molecule has 0 radical (unpaired) electrons. The smallest absolute Gasteiger partial charge is 0.236 e. The van der Waals surface area contributed by atoms with Crippen molar-refractivity contribution in [2.24, 2.45) is 5.92 Å². The number of piperazine rings is 1. The van der Waals surface area contributed by atoms with Gasteiger partial charge in [0.25, 0.3) is 0 Å². The Bertz CT molecular complexity index is 868. The van der Waals surface area contributed by atoms with Gasteiger partial charge in [-0.2, -0.15) is 4.31 Å². The van der Waals surface area contributed by atoms with E-state index in [9.17, 15) is 13.2 Å². The molecule has 0 atom stereocenters. The van der Waals surface area contributed by atoms with Crippen molar-refractivity contribution in [3.05, 3.63) is 41.3 Å². The fourth-order valence-corrected chi connectivity index (χ4v) is 6.13. The normalized spacial score (nSPS) is 22.7. The molecule has 0 spiro atoms. The summed E-state index contributed by atoms with van der Waals surface area (Å²) in [4.78, 5) is 20.0. The SMILES string of the molecule is O=C(C1CCN(S(=O)(=O)/C=C/c2ccccc2)CC1)N1CCN(CCN2CCCC2)CC1. The molecule has 3 aliphatic rings. The molecule has 3 saturated heterocycles. The third-order valence-corrected chi connectivity index (χ3v) is 8.58. The van der Waals surface area contributed by atoms with Crippen LogP contribution in [0, 0.1) is 5.92 Å². The average Bonchev–Trinajstić information content (AvgIpc) is 3.36. The highest BCUT2D eigenvalue weighted by molar-refractivity contribution is 7.92. The van der Waals surface area contributed by atoms with Crippen molar-refractivity contribution in [2.45, 2.75) is 25.7 Å². The van der Waals surface area contributed by atoms with Crippen LogP contribution >= 0.6 is 0 Å². The minimum absolute atomic E-state index is 0.0595. The highest BCUT2D eigenvalue weighted by atomic mass is 32.2. The molecule has 7 nitrogen and oxygen atoms in total. The lowest BCUT2D eigenvalue weighted by molar-refractivity contribution is -0.138. The van der Waals surface area contributed by atoms with Crippen LogP contribution in [0.15, 0.2) is 35.7 Å². The first-order chi connectivity index (χ1) is 15.5. The fourth-order valence-electron chi connectivity index (χ4n) is 4.91. The fraction of sp³-hybridized carbons (Fsp3) is 0.625. The minimum Gasteiger partial charge on any atom is -0.340 e. The third kappa shape index (κ3) is 6.19. The zero-order valence-corrected chi connectivity index (χ0v) is 19.8. The van der Waals surface area contributed by atoms with Crippen molar-refractivity contribution >= 4 is 22.0 Å². The topological polar surface area (TPSA) is 64.2 Å². The lowest BCUT2D eigenvalue weighted by atomic mass is 9.96. The van der Waals surface area contributed by atoms with Crippen molar-refractivity contribution in [1.82, 2.24) is 19.0 Å². The molecule has 176 valence electrons. The first kappa shape index (κ1) is 23.4. The molecule has 1 aromatic carbocycles. The van der Waals surface area contributed by atoms with Crippen LogP contribution in [0.3, 0.4) is 0 Å². The van der Waals surface area contributed by atoms with Gasteiger partial charge in [-0.05, 0) is 50.4 Å². The van der Waals surface area contributed by atoms with Gasteiger partial charge in [-0.15, -0.1) is 0 Å². The van der Waals surface area contributed by atoms with Gasteiger partial charge in [-0.1, -0.05) is 30.3 Å². The number of rotatable bonds is 7. The zero-order chi connectivity index (χ0) is 22.4. The number of sulfonamides is 1. The maximum absolute atomic E-state index is 13.0. The lowest BCUT2D eigenvalue weighted by Crippen LogP contribution is -2.52. The van der Waals surface area contributed by atoms with Gasteiger partial charge in [0.05, 0.1) is 0 Å². The maximum Gasteiger partial charge on any atom is 0.236 e. The predicted octanol–water partition coefficient (Wildman–Crippen LogP) is 1.94. The molecule has 3 fully saturated rings. The molecular formula is C24H36N4O3S. The molecule has 1 aromatic rings. The molecule has 0 unspecified atom stereocenters. The highest BCUT2D eigenvalue weighted by Gasteiger charge is 2.33. The zero-order valence-electron chi connectivity index (χ0n) is 18.9. The van der Waals surface area contributed by atoms with Crippen LogP contribution in [0.5, 0.6) is 0 Å². The molecular weight excluding hydrogens is 424 g/mol. The monoisotopic (exact) mass is 460 g/mol. The second-order valence-corrected chi connectivity index (χ2v) is 11.0. The summed E-state index contributed by atoms with van der Waals surface area (Å²) < 4.78 is 26.8.